The molecule has 2 aromatic carbocycles. The van der Waals surface area contributed by atoms with E-state index in [0.717, 1.165) is 48.3 Å². The Morgan fingerprint density at radius 2 is 1.84 bits per heavy atom. The van der Waals surface area contributed by atoms with E-state index in [1.165, 1.54) is 11.8 Å². The fourth-order valence-corrected chi connectivity index (χ4v) is 5.15. The number of aryl methyl sites for hydroxylation is 1. The maximum atomic E-state index is 12.8. The number of benzene rings is 2. The lowest BCUT2D eigenvalue weighted by molar-refractivity contribution is -0.129. The first kappa shape index (κ1) is 24.7. The summed E-state index contributed by atoms with van der Waals surface area (Å²) in [7, 11) is 0. The fraction of sp³-hybridized carbons (Fsp3) is 0.300. The van der Waals surface area contributed by atoms with Gasteiger partial charge in [0.25, 0.3) is 5.91 Å². The molecular formula is C30H31N4O3. The Morgan fingerprint density at radius 1 is 1.11 bits per heavy atom. The molecule has 0 saturated carbocycles. The molecule has 37 heavy (non-hydrogen) atoms. The maximum Gasteiger partial charge on any atom is 0.281 e. The predicted molar refractivity (Wildman–Crippen MR) is 143 cm³/mol. The summed E-state index contributed by atoms with van der Waals surface area (Å²) in [5.74, 6) is 0.727. The third kappa shape index (κ3) is 5.57. The molecule has 0 spiro atoms. The minimum absolute atomic E-state index is 0.142. The van der Waals surface area contributed by atoms with E-state index in [2.05, 4.69) is 27.8 Å². The van der Waals surface area contributed by atoms with Crippen molar-refractivity contribution in [1.29, 1.82) is 0 Å². The van der Waals surface area contributed by atoms with Crippen LogP contribution in [0.4, 0.5) is 11.5 Å². The first-order valence-electron chi connectivity index (χ1n) is 12.8. The summed E-state index contributed by atoms with van der Waals surface area (Å²) < 4.78 is 0. The van der Waals surface area contributed by atoms with Crippen LogP contribution in [-0.2, 0) is 11.2 Å². The molecule has 1 fully saturated rings. The molecule has 2 aliphatic rings. The Labute approximate surface area is 217 Å². The number of aliphatic hydroxyl groups is 1. The van der Waals surface area contributed by atoms with Gasteiger partial charge in [0.15, 0.2) is 0 Å². The van der Waals surface area contributed by atoms with Crippen molar-refractivity contribution in [2.45, 2.75) is 44.6 Å². The third-order valence-electron chi connectivity index (χ3n) is 7.31. The Morgan fingerprint density at radius 3 is 2.54 bits per heavy atom. The van der Waals surface area contributed by atoms with Crippen molar-refractivity contribution in [2.24, 2.45) is 0 Å². The van der Waals surface area contributed by atoms with Gasteiger partial charge in [0.2, 0.25) is 5.91 Å². The van der Waals surface area contributed by atoms with Gasteiger partial charge in [0, 0.05) is 38.1 Å². The molecule has 1 unspecified atom stereocenters. The molecule has 1 saturated heterocycles. The van der Waals surface area contributed by atoms with Crippen molar-refractivity contribution < 1.29 is 14.7 Å². The zero-order valence-corrected chi connectivity index (χ0v) is 20.9. The Balaban J connectivity index is 1.30. The Bertz CT molecular complexity index is 1300. The summed E-state index contributed by atoms with van der Waals surface area (Å²) in [5, 5.41) is 17.9. The Kier molecular flexibility index (Phi) is 7.32. The van der Waals surface area contributed by atoms with Crippen LogP contribution in [0.3, 0.4) is 0 Å². The standard InChI is InChI=1S/C30H31N4O3/c1-20(35)34-17-14-22(15-18-34)21-7-10-25(11-8-21)33-29-28-26(13-16-31-30(28)37)24(19-32-29)9-12-27(36)23-5-3-2-4-6-23/h2-8,10-11,13,16,19,22,27,36H,9,12,14-15,17-18H2,1H3,(H,32,33). The monoisotopic (exact) mass is 495 g/mol. The van der Waals surface area contributed by atoms with Crippen LogP contribution < -0.4 is 10.6 Å². The molecule has 3 aromatic rings. The molecule has 0 aliphatic carbocycles. The number of aliphatic hydroxyl groups excluding tert-OH is 1. The molecule has 5 rings (SSSR count). The second-order valence-corrected chi connectivity index (χ2v) is 9.66. The molecule has 3 heterocycles. The highest BCUT2D eigenvalue weighted by Crippen LogP contribution is 2.32. The van der Waals surface area contributed by atoms with Crippen molar-refractivity contribution in [1.82, 2.24) is 15.2 Å². The number of hydrogen-bond donors (Lipinski definition) is 2. The first-order chi connectivity index (χ1) is 18.0. The van der Waals surface area contributed by atoms with Crippen molar-refractivity contribution in [3.05, 3.63) is 94.8 Å². The Hall–Kier alpha value is -3.97. The van der Waals surface area contributed by atoms with Crippen LogP contribution in [0.1, 0.15) is 70.8 Å². The summed E-state index contributed by atoms with van der Waals surface area (Å²) in [6.45, 7) is 3.22. The van der Waals surface area contributed by atoms with E-state index in [4.69, 9.17) is 0 Å². The second-order valence-electron chi connectivity index (χ2n) is 9.66. The molecule has 7 heteroatoms. The van der Waals surface area contributed by atoms with Crippen LogP contribution >= 0.6 is 0 Å². The van der Waals surface area contributed by atoms with Crippen LogP contribution in [0.5, 0.6) is 0 Å². The molecule has 7 nitrogen and oxygen atoms in total. The van der Waals surface area contributed by atoms with Crippen molar-refractivity contribution in [2.75, 3.05) is 18.4 Å². The van der Waals surface area contributed by atoms with E-state index in [1.54, 1.807) is 13.1 Å². The topological polar surface area (TPSA) is 96.6 Å². The van der Waals surface area contributed by atoms with Gasteiger partial charge in [-0.2, -0.15) is 0 Å². The quantitative estimate of drug-likeness (QED) is 0.484. The summed E-state index contributed by atoms with van der Waals surface area (Å²) in [6.07, 6.45) is 7.59. The number of rotatable bonds is 7. The van der Waals surface area contributed by atoms with Gasteiger partial charge in [-0.05, 0) is 72.1 Å². The zero-order chi connectivity index (χ0) is 25.8. The summed E-state index contributed by atoms with van der Waals surface area (Å²) >= 11 is 0. The molecule has 0 bridgehead atoms. The van der Waals surface area contributed by atoms with Gasteiger partial charge in [-0.15, -0.1) is 0 Å². The predicted octanol–water partition coefficient (Wildman–Crippen LogP) is 4.95. The van der Waals surface area contributed by atoms with Crippen LogP contribution in [0.25, 0.3) is 6.08 Å². The number of anilines is 2. The minimum Gasteiger partial charge on any atom is -0.388 e. The molecule has 2 amide bonds. The lowest BCUT2D eigenvalue weighted by atomic mass is 9.89. The van der Waals surface area contributed by atoms with Crippen LogP contribution in [0.2, 0.25) is 0 Å². The van der Waals surface area contributed by atoms with Gasteiger partial charge < -0.3 is 15.3 Å². The first-order valence-corrected chi connectivity index (χ1v) is 12.8. The van der Waals surface area contributed by atoms with Crippen molar-refractivity contribution in [3.8, 4) is 0 Å². The average Bonchev–Trinajstić information content (AvgIpc) is 2.93. The SMILES string of the molecule is CC(=O)N1CCC(c2ccc(Nc3ncc(CCC(O)c4ccccc4)c4c3C(=O)[N]C=C4)cc2)CC1. The number of amides is 2. The van der Waals surface area contributed by atoms with E-state index in [0.29, 0.717) is 30.1 Å². The number of carbonyl (C=O) groups excluding carboxylic acids is 2. The van der Waals surface area contributed by atoms with Crippen LogP contribution in [0.15, 0.2) is 67.0 Å². The number of likely N-dealkylation sites (tertiary alicyclic amines) is 1. The zero-order valence-electron chi connectivity index (χ0n) is 20.9. The van der Waals surface area contributed by atoms with Gasteiger partial charge in [0.05, 0.1) is 11.7 Å². The number of fused-ring (bicyclic) bond motifs is 1. The summed E-state index contributed by atoms with van der Waals surface area (Å²) in [4.78, 5) is 30.9. The van der Waals surface area contributed by atoms with Gasteiger partial charge >= 0.3 is 0 Å². The lowest BCUT2D eigenvalue weighted by Gasteiger charge is -2.31. The smallest absolute Gasteiger partial charge is 0.281 e. The normalized spacial score (nSPS) is 16.2. The van der Waals surface area contributed by atoms with Gasteiger partial charge in [-0.25, -0.2) is 10.3 Å². The van der Waals surface area contributed by atoms with Gasteiger partial charge in [-0.3, -0.25) is 9.59 Å². The number of aromatic nitrogens is 1. The highest BCUT2D eigenvalue weighted by molar-refractivity contribution is 6.05. The van der Waals surface area contributed by atoms with Crippen molar-refractivity contribution >= 4 is 29.4 Å². The number of carbonyl (C=O) groups is 2. The van der Waals surface area contributed by atoms with Crippen LogP contribution in [0, 0.1) is 0 Å². The number of nitrogens with zero attached hydrogens (tertiary/aromatic N) is 3. The summed E-state index contributed by atoms with van der Waals surface area (Å²) in [6, 6.07) is 17.8. The molecule has 1 aromatic heterocycles. The number of nitrogens with one attached hydrogen (secondary N) is 1. The van der Waals surface area contributed by atoms with E-state index < -0.39 is 6.10 Å². The van der Waals surface area contributed by atoms with E-state index in [9.17, 15) is 14.7 Å². The molecule has 2 aliphatic heterocycles. The second kappa shape index (κ2) is 11.0. The van der Waals surface area contributed by atoms with E-state index in [1.807, 2.05) is 53.4 Å². The average molecular weight is 496 g/mol. The van der Waals surface area contributed by atoms with E-state index >= 15 is 0 Å². The largest absolute Gasteiger partial charge is 0.388 e. The van der Waals surface area contributed by atoms with Crippen LogP contribution in [-0.4, -0.2) is 39.9 Å². The van der Waals surface area contributed by atoms with Crippen molar-refractivity contribution in [3.63, 3.8) is 0 Å². The minimum atomic E-state index is -0.587. The maximum absolute atomic E-state index is 12.8. The number of piperidine rings is 1. The third-order valence-corrected chi connectivity index (χ3v) is 7.31. The fourth-order valence-electron chi connectivity index (χ4n) is 5.15. The molecule has 2 N–H and O–H groups in total. The number of hydrogen-bond acceptors (Lipinski definition) is 5. The molecule has 1 atom stereocenters. The lowest BCUT2D eigenvalue weighted by Crippen LogP contribution is -2.36. The van der Waals surface area contributed by atoms with Gasteiger partial charge in [0.1, 0.15) is 5.82 Å². The van der Waals surface area contributed by atoms with E-state index in [-0.39, 0.29) is 11.8 Å². The molecule has 189 valence electrons. The summed E-state index contributed by atoms with van der Waals surface area (Å²) in [5.41, 5.74) is 5.13. The molecule has 1 radical (unpaired) electrons. The highest BCUT2D eigenvalue weighted by Gasteiger charge is 2.24. The molecular weight excluding hydrogens is 464 g/mol. The number of pyridine rings is 1. The highest BCUT2D eigenvalue weighted by atomic mass is 16.3. The van der Waals surface area contributed by atoms with Gasteiger partial charge in [-0.1, -0.05) is 42.5 Å².